The van der Waals surface area contributed by atoms with Gasteiger partial charge in [-0.25, -0.2) is 4.39 Å². The summed E-state index contributed by atoms with van der Waals surface area (Å²) in [6.45, 7) is 5.73. The number of nitrogens with one attached hydrogen (secondary N) is 1. The fourth-order valence-corrected chi connectivity index (χ4v) is 3.41. The Morgan fingerprint density at radius 1 is 1.28 bits per heavy atom. The second-order valence-electron chi connectivity index (χ2n) is 5.65. The van der Waals surface area contributed by atoms with Gasteiger partial charge in [0, 0.05) is 24.2 Å². The van der Waals surface area contributed by atoms with Gasteiger partial charge in [-0.15, -0.1) is 0 Å². The zero-order valence-corrected chi connectivity index (χ0v) is 10.9. The molecular formula is C15H21FN2. The number of nitrogens with zero attached hydrogens (tertiary/aromatic N) is 1. The maximum absolute atomic E-state index is 13.7. The van der Waals surface area contributed by atoms with Crippen LogP contribution in [-0.2, 0) is 0 Å². The molecule has 3 heteroatoms. The standard InChI is InChI=1S/C15H21FN2/c1-11(13-4-2-3-5-14(13)16)17-15-7-9-18-8-6-12(15)10-18/h2-5,11-12,15,17H,6-10H2,1H3. The zero-order chi connectivity index (χ0) is 12.5. The third kappa shape index (κ3) is 2.29. The zero-order valence-electron chi connectivity index (χ0n) is 10.9. The van der Waals surface area contributed by atoms with Crippen LogP contribution in [0.15, 0.2) is 24.3 Å². The highest BCUT2D eigenvalue weighted by Gasteiger charge is 2.34. The normalized spacial score (nSPS) is 32.4. The molecule has 2 nitrogen and oxygen atoms in total. The van der Waals surface area contributed by atoms with Crippen LogP contribution in [0.1, 0.15) is 31.4 Å². The molecule has 98 valence electrons. The van der Waals surface area contributed by atoms with Gasteiger partial charge in [0.25, 0.3) is 0 Å². The Morgan fingerprint density at radius 2 is 2.06 bits per heavy atom. The Morgan fingerprint density at radius 3 is 2.89 bits per heavy atom. The molecule has 18 heavy (non-hydrogen) atoms. The molecule has 4 unspecified atom stereocenters. The second-order valence-corrected chi connectivity index (χ2v) is 5.65. The van der Waals surface area contributed by atoms with Crippen LogP contribution in [0.3, 0.4) is 0 Å². The smallest absolute Gasteiger partial charge is 0.127 e. The molecule has 1 N–H and O–H groups in total. The van der Waals surface area contributed by atoms with E-state index < -0.39 is 0 Å². The Hall–Kier alpha value is -0.930. The van der Waals surface area contributed by atoms with E-state index >= 15 is 0 Å². The molecule has 2 bridgehead atoms. The van der Waals surface area contributed by atoms with Gasteiger partial charge in [0.05, 0.1) is 0 Å². The van der Waals surface area contributed by atoms with E-state index in [0.717, 1.165) is 11.5 Å². The van der Waals surface area contributed by atoms with Gasteiger partial charge in [-0.2, -0.15) is 0 Å². The Balaban J connectivity index is 1.67. The van der Waals surface area contributed by atoms with E-state index in [4.69, 9.17) is 0 Å². The minimum Gasteiger partial charge on any atom is -0.307 e. The van der Waals surface area contributed by atoms with E-state index in [0.29, 0.717) is 6.04 Å². The molecule has 0 spiro atoms. The van der Waals surface area contributed by atoms with Crippen molar-refractivity contribution in [2.24, 2.45) is 5.92 Å². The molecule has 1 aromatic carbocycles. The van der Waals surface area contributed by atoms with Gasteiger partial charge in [-0.05, 0) is 44.8 Å². The van der Waals surface area contributed by atoms with E-state index in [-0.39, 0.29) is 11.9 Å². The highest BCUT2D eigenvalue weighted by molar-refractivity contribution is 5.20. The minimum atomic E-state index is -0.0960. The van der Waals surface area contributed by atoms with Crippen LogP contribution in [0.2, 0.25) is 0 Å². The van der Waals surface area contributed by atoms with Crippen LogP contribution in [0, 0.1) is 11.7 Å². The first-order valence-corrected chi connectivity index (χ1v) is 6.97. The molecule has 2 fully saturated rings. The van der Waals surface area contributed by atoms with Crippen molar-refractivity contribution in [1.82, 2.24) is 10.2 Å². The lowest BCUT2D eigenvalue weighted by atomic mass is 9.92. The van der Waals surface area contributed by atoms with Gasteiger partial charge in [0.2, 0.25) is 0 Å². The average Bonchev–Trinajstić information content (AvgIpc) is 2.76. The van der Waals surface area contributed by atoms with Crippen molar-refractivity contribution in [3.05, 3.63) is 35.6 Å². The number of benzene rings is 1. The van der Waals surface area contributed by atoms with Crippen LogP contribution < -0.4 is 5.32 Å². The summed E-state index contributed by atoms with van der Waals surface area (Å²) in [4.78, 5) is 2.54. The fourth-order valence-electron chi connectivity index (χ4n) is 3.41. The van der Waals surface area contributed by atoms with E-state index in [1.165, 1.54) is 32.5 Å². The molecule has 2 heterocycles. The molecular weight excluding hydrogens is 227 g/mol. The number of piperidine rings is 1. The molecule has 2 aliphatic rings. The van der Waals surface area contributed by atoms with E-state index in [1.54, 1.807) is 12.1 Å². The first kappa shape index (κ1) is 12.1. The number of halogens is 1. The molecule has 2 aliphatic heterocycles. The van der Waals surface area contributed by atoms with Crippen LogP contribution in [0.25, 0.3) is 0 Å². The van der Waals surface area contributed by atoms with Crippen LogP contribution in [0.4, 0.5) is 4.39 Å². The monoisotopic (exact) mass is 248 g/mol. The summed E-state index contributed by atoms with van der Waals surface area (Å²) in [6, 6.07) is 7.75. The summed E-state index contributed by atoms with van der Waals surface area (Å²) >= 11 is 0. The Kier molecular flexibility index (Phi) is 3.35. The summed E-state index contributed by atoms with van der Waals surface area (Å²) in [5.74, 6) is 0.661. The number of hydrogen-bond donors (Lipinski definition) is 1. The third-order valence-electron chi connectivity index (χ3n) is 4.47. The lowest BCUT2D eigenvalue weighted by Crippen LogP contribution is -2.44. The van der Waals surface area contributed by atoms with Crippen molar-refractivity contribution in [2.45, 2.75) is 31.8 Å². The molecule has 1 aromatic rings. The van der Waals surface area contributed by atoms with Crippen molar-refractivity contribution in [2.75, 3.05) is 19.6 Å². The first-order chi connectivity index (χ1) is 8.74. The SMILES string of the molecule is CC(NC1CCN2CCC1C2)c1ccccc1F. The van der Waals surface area contributed by atoms with E-state index in [2.05, 4.69) is 17.1 Å². The van der Waals surface area contributed by atoms with Gasteiger partial charge in [-0.1, -0.05) is 18.2 Å². The van der Waals surface area contributed by atoms with Gasteiger partial charge in [0.1, 0.15) is 5.82 Å². The van der Waals surface area contributed by atoms with Crippen molar-refractivity contribution in [3.63, 3.8) is 0 Å². The lowest BCUT2D eigenvalue weighted by molar-refractivity contribution is 0.211. The quantitative estimate of drug-likeness (QED) is 0.884. The first-order valence-electron chi connectivity index (χ1n) is 6.97. The Labute approximate surface area is 108 Å². The van der Waals surface area contributed by atoms with Gasteiger partial charge in [0.15, 0.2) is 0 Å². The van der Waals surface area contributed by atoms with Gasteiger partial charge >= 0.3 is 0 Å². The van der Waals surface area contributed by atoms with Crippen LogP contribution in [0.5, 0.6) is 0 Å². The summed E-state index contributed by atoms with van der Waals surface area (Å²) < 4.78 is 13.7. The molecule has 2 saturated heterocycles. The molecule has 3 rings (SSSR count). The minimum absolute atomic E-state index is 0.0960. The number of rotatable bonds is 3. The predicted octanol–water partition coefficient (Wildman–Crippen LogP) is 2.57. The van der Waals surface area contributed by atoms with Crippen molar-refractivity contribution < 1.29 is 4.39 Å². The van der Waals surface area contributed by atoms with Crippen molar-refractivity contribution >= 4 is 0 Å². The van der Waals surface area contributed by atoms with Crippen LogP contribution in [-0.4, -0.2) is 30.6 Å². The molecule has 4 atom stereocenters. The predicted molar refractivity (Wildman–Crippen MR) is 70.9 cm³/mol. The molecule has 0 saturated carbocycles. The summed E-state index contributed by atoms with van der Waals surface area (Å²) in [5, 5.41) is 3.64. The number of hydrogen-bond acceptors (Lipinski definition) is 2. The van der Waals surface area contributed by atoms with Crippen molar-refractivity contribution in [1.29, 1.82) is 0 Å². The molecule has 0 amide bonds. The van der Waals surface area contributed by atoms with Gasteiger partial charge < -0.3 is 10.2 Å². The number of fused-ring (bicyclic) bond motifs is 2. The summed E-state index contributed by atoms with van der Waals surface area (Å²) in [6.07, 6.45) is 2.49. The lowest BCUT2D eigenvalue weighted by Gasteiger charge is -2.33. The van der Waals surface area contributed by atoms with E-state index in [9.17, 15) is 4.39 Å². The average molecular weight is 248 g/mol. The second kappa shape index (κ2) is 4.98. The molecule has 0 aromatic heterocycles. The third-order valence-corrected chi connectivity index (χ3v) is 4.47. The highest BCUT2D eigenvalue weighted by atomic mass is 19.1. The van der Waals surface area contributed by atoms with Crippen molar-refractivity contribution in [3.8, 4) is 0 Å². The highest BCUT2D eigenvalue weighted by Crippen LogP contribution is 2.29. The maximum atomic E-state index is 13.7. The molecule has 0 aliphatic carbocycles. The fraction of sp³-hybridized carbons (Fsp3) is 0.600. The Bertz CT molecular complexity index is 421. The maximum Gasteiger partial charge on any atom is 0.127 e. The topological polar surface area (TPSA) is 15.3 Å². The van der Waals surface area contributed by atoms with Crippen LogP contribution >= 0.6 is 0 Å². The summed E-state index contributed by atoms with van der Waals surface area (Å²) in [7, 11) is 0. The van der Waals surface area contributed by atoms with Gasteiger partial charge in [-0.3, -0.25) is 0 Å². The summed E-state index contributed by atoms with van der Waals surface area (Å²) in [5.41, 5.74) is 0.790. The largest absolute Gasteiger partial charge is 0.307 e. The molecule has 0 radical (unpaired) electrons. The van der Waals surface area contributed by atoms with E-state index in [1.807, 2.05) is 12.1 Å².